The molecule has 0 aliphatic carbocycles. The Morgan fingerprint density at radius 3 is 2.32 bits per heavy atom. The maximum atomic E-state index is 11.5. The highest BCUT2D eigenvalue weighted by molar-refractivity contribution is 7.06. The molecule has 0 bridgehead atoms. The van der Waals surface area contributed by atoms with Crippen LogP contribution in [0.2, 0.25) is 0 Å². The number of rotatable bonds is 3. The van der Waals surface area contributed by atoms with Gasteiger partial charge in [0.15, 0.2) is 5.82 Å². The second kappa shape index (κ2) is 5.72. The van der Waals surface area contributed by atoms with Crippen LogP contribution in [0, 0.1) is 10.1 Å². The quantitative estimate of drug-likeness (QED) is 0.676. The van der Waals surface area contributed by atoms with Crippen molar-refractivity contribution >= 4 is 34.8 Å². The van der Waals surface area contributed by atoms with Gasteiger partial charge in [0.1, 0.15) is 0 Å². The normalized spacial score (nSPS) is 11.2. The number of anilines is 2. The Bertz CT molecular complexity index is 704. The van der Waals surface area contributed by atoms with Crippen molar-refractivity contribution < 1.29 is 14.8 Å². The van der Waals surface area contributed by atoms with Crippen LogP contribution in [0.25, 0.3) is 0 Å². The summed E-state index contributed by atoms with van der Waals surface area (Å²) in [6.45, 7) is 6.05. The number of nitro groups is 1. The Balaban J connectivity index is 2.40. The number of benzene rings is 1. The third-order valence-electron chi connectivity index (χ3n) is 2.98. The van der Waals surface area contributed by atoms with Crippen LogP contribution in [-0.2, 0) is 5.41 Å². The molecule has 7 nitrogen and oxygen atoms in total. The highest BCUT2D eigenvalue weighted by Crippen LogP contribution is 2.33. The van der Waals surface area contributed by atoms with Gasteiger partial charge >= 0.3 is 6.09 Å². The van der Waals surface area contributed by atoms with Crippen LogP contribution in [0.4, 0.5) is 22.0 Å². The molecule has 0 spiro atoms. The molecule has 0 saturated carbocycles. The Labute approximate surface area is 131 Å². The zero-order valence-electron chi connectivity index (χ0n) is 12.3. The summed E-state index contributed by atoms with van der Waals surface area (Å²) >= 11 is 1.24. The minimum Gasteiger partial charge on any atom is -0.464 e. The zero-order chi connectivity index (χ0) is 16.5. The number of hydrogen-bond acceptors (Lipinski definition) is 5. The van der Waals surface area contributed by atoms with Gasteiger partial charge in [0, 0.05) is 17.0 Å². The van der Waals surface area contributed by atoms with Crippen LogP contribution >= 0.6 is 11.5 Å². The van der Waals surface area contributed by atoms with Crippen LogP contribution in [0.1, 0.15) is 25.6 Å². The first-order chi connectivity index (χ1) is 10.2. The van der Waals surface area contributed by atoms with Crippen molar-refractivity contribution in [1.29, 1.82) is 0 Å². The molecule has 0 aliphatic heterocycles. The number of hydrogen-bond donors (Lipinski definition) is 1. The topological polar surface area (TPSA) is 96.6 Å². The number of carbonyl (C=O) groups is 1. The monoisotopic (exact) mass is 321 g/mol. The lowest BCUT2D eigenvalue weighted by Gasteiger charge is -2.17. The van der Waals surface area contributed by atoms with Crippen LogP contribution in [-0.4, -0.2) is 20.5 Å². The number of nitro benzene ring substituents is 1. The molecule has 0 saturated heterocycles. The Hall–Kier alpha value is -2.48. The van der Waals surface area contributed by atoms with Gasteiger partial charge in [-0.05, 0) is 35.1 Å². The first-order valence-corrected chi connectivity index (χ1v) is 7.22. The first kappa shape index (κ1) is 15.9. The predicted molar refractivity (Wildman–Crippen MR) is 84.1 cm³/mol. The fourth-order valence-corrected chi connectivity index (χ4v) is 2.55. The van der Waals surface area contributed by atoms with E-state index in [0.717, 1.165) is 9.78 Å². The molecular weight excluding hydrogens is 306 g/mol. The average Bonchev–Trinajstić information content (AvgIpc) is 2.88. The van der Waals surface area contributed by atoms with E-state index in [4.69, 9.17) is 0 Å². The summed E-state index contributed by atoms with van der Waals surface area (Å²) in [7, 11) is 0. The fourth-order valence-electron chi connectivity index (χ4n) is 1.79. The fraction of sp³-hybridized carbons (Fsp3) is 0.286. The summed E-state index contributed by atoms with van der Waals surface area (Å²) in [4.78, 5) is 23.6. The van der Waals surface area contributed by atoms with Crippen LogP contribution in [0.5, 0.6) is 0 Å². The SMILES string of the molecule is CC(C)(C)c1cc(N(C(=O)O)c2ccc([N+](=O)[O-])cc2)ns1. The van der Waals surface area contributed by atoms with Crippen LogP contribution in [0.3, 0.4) is 0 Å². The first-order valence-electron chi connectivity index (χ1n) is 6.45. The number of amides is 1. The second-order valence-corrected chi connectivity index (χ2v) is 6.50. The lowest BCUT2D eigenvalue weighted by Crippen LogP contribution is -2.23. The summed E-state index contributed by atoms with van der Waals surface area (Å²) in [5, 5.41) is 20.1. The van der Waals surface area contributed by atoms with Crippen molar-refractivity contribution in [2.24, 2.45) is 0 Å². The minimum absolute atomic E-state index is 0.0947. The van der Waals surface area contributed by atoms with Crippen molar-refractivity contribution in [3.63, 3.8) is 0 Å². The van der Waals surface area contributed by atoms with Crippen molar-refractivity contribution in [2.75, 3.05) is 4.90 Å². The average molecular weight is 321 g/mol. The second-order valence-electron chi connectivity index (χ2n) is 5.69. The molecule has 2 rings (SSSR count). The maximum absolute atomic E-state index is 11.5. The molecule has 0 aliphatic rings. The Morgan fingerprint density at radius 1 is 1.32 bits per heavy atom. The standard InChI is InChI=1S/C14H15N3O4S/c1-14(2,3)11-8-12(15-22-11)16(13(18)19)9-4-6-10(7-5-9)17(20)21/h4-8H,1-3H3,(H,18,19). The molecule has 1 amide bonds. The molecule has 1 aromatic carbocycles. The van der Waals surface area contributed by atoms with E-state index in [-0.39, 0.29) is 16.9 Å². The third kappa shape index (κ3) is 3.22. The molecule has 0 fully saturated rings. The molecule has 0 radical (unpaired) electrons. The molecule has 116 valence electrons. The largest absolute Gasteiger partial charge is 0.464 e. The summed E-state index contributed by atoms with van der Waals surface area (Å²) < 4.78 is 4.19. The van der Waals surface area contributed by atoms with Gasteiger partial charge in [-0.3, -0.25) is 10.1 Å². The molecule has 1 N–H and O–H groups in total. The predicted octanol–water partition coefficient (Wildman–Crippen LogP) is 4.16. The van der Waals surface area contributed by atoms with Gasteiger partial charge in [-0.1, -0.05) is 20.8 Å². The van der Waals surface area contributed by atoms with Crippen LogP contribution in [0.15, 0.2) is 30.3 Å². The molecule has 1 heterocycles. The summed E-state index contributed by atoms with van der Waals surface area (Å²) in [5.41, 5.74) is 0.0850. The van der Waals surface area contributed by atoms with E-state index in [0.29, 0.717) is 5.69 Å². The Kier molecular flexibility index (Phi) is 4.14. The van der Waals surface area contributed by atoms with E-state index < -0.39 is 11.0 Å². The summed E-state index contributed by atoms with van der Waals surface area (Å²) in [6.07, 6.45) is -1.19. The van der Waals surface area contributed by atoms with Gasteiger partial charge in [-0.15, -0.1) is 0 Å². The van der Waals surface area contributed by atoms with Gasteiger partial charge in [-0.2, -0.15) is 4.37 Å². The number of non-ortho nitro benzene ring substituents is 1. The number of carboxylic acid groups (broad SMARTS) is 1. The summed E-state index contributed by atoms with van der Waals surface area (Å²) in [6, 6.07) is 7.04. The van der Waals surface area contributed by atoms with Gasteiger partial charge < -0.3 is 5.11 Å². The maximum Gasteiger partial charge on any atom is 0.417 e. The van der Waals surface area contributed by atoms with Gasteiger partial charge in [0.2, 0.25) is 0 Å². The van der Waals surface area contributed by atoms with Crippen molar-refractivity contribution in [1.82, 2.24) is 4.37 Å². The van der Waals surface area contributed by atoms with E-state index in [1.807, 2.05) is 20.8 Å². The van der Waals surface area contributed by atoms with Crippen LogP contribution < -0.4 is 4.90 Å². The minimum atomic E-state index is -1.19. The van der Waals surface area contributed by atoms with E-state index in [9.17, 15) is 20.0 Å². The zero-order valence-corrected chi connectivity index (χ0v) is 13.1. The number of aromatic nitrogens is 1. The Morgan fingerprint density at radius 2 is 1.91 bits per heavy atom. The van der Waals surface area contributed by atoms with Gasteiger partial charge in [-0.25, -0.2) is 9.69 Å². The lowest BCUT2D eigenvalue weighted by molar-refractivity contribution is -0.384. The van der Waals surface area contributed by atoms with Gasteiger partial charge in [0.25, 0.3) is 5.69 Å². The molecule has 8 heteroatoms. The van der Waals surface area contributed by atoms with Crippen molar-refractivity contribution in [2.45, 2.75) is 26.2 Å². The highest BCUT2D eigenvalue weighted by Gasteiger charge is 2.24. The van der Waals surface area contributed by atoms with Gasteiger partial charge in [0.05, 0.1) is 10.6 Å². The molecule has 0 atom stereocenters. The van der Waals surface area contributed by atoms with Crippen molar-refractivity contribution in [3.05, 3.63) is 45.3 Å². The van der Waals surface area contributed by atoms with E-state index in [1.165, 1.54) is 35.8 Å². The lowest BCUT2D eigenvalue weighted by atomic mass is 9.95. The van der Waals surface area contributed by atoms with E-state index in [1.54, 1.807) is 6.07 Å². The molecule has 1 aromatic heterocycles. The molecule has 2 aromatic rings. The van der Waals surface area contributed by atoms with Crippen molar-refractivity contribution in [3.8, 4) is 0 Å². The molecular formula is C14H15N3O4S. The number of nitrogens with zero attached hydrogens (tertiary/aromatic N) is 3. The third-order valence-corrected chi connectivity index (χ3v) is 4.18. The summed E-state index contributed by atoms with van der Waals surface area (Å²) in [5.74, 6) is 0.288. The molecule has 22 heavy (non-hydrogen) atoms. The smallest absolute Gasteiger partial charge is 0.417 e. The highest BCUT2D eigenvalue weighted by atomic mass is 32.1. The molecule has 0 unspecified atom stereocenters. The van der Waals surface area contributed by atoms with E-state index in [2.05, 4.69) is 4.37 Å². The van der Waals surface area contributed by atoms with E-state index >= 15 is 0 Å².